The number of hydrogen-bond donors (Lipinski definition) is 2. The molecule has 0 radical (unpaired) electrons. The van der Waals surface area contributed by atoms with Crippen molar-refractivity contribution in [1.29, 1.82) is 0 Å². The molecule has 0 aliphatic carbocycles. The van der Waals surface area contributed by atoms with Gasteiger partial charge in [0, 0.05) is 5.02 Å². The van der Waals surface area contributed by atoms with E-state index in [0.29, 0.717) is 11.4 Å². The Bertz CT molecular complexity index is 510. The Morgan fingerprint density at radius 2 is 2.30 bits per heavy atom. The van der Waals surface area contributed by atoms with Crippen LogP contribution < -0.4 is 15.4 Å². The second kappa shape index (κ2) is 6.69. The van der Waals surface area contributed by atoms with Gasteiger partial charge in [-0.3, -0.25) is 4.79 Å². The summed E-state index contributed by atoms with van der Waals surface area (Å²) >= 11 is 8.95. The van der Waals surface area contributed by atoms with Gasteiger partial charge in [0.2, 0.25) is 5.91 Å². The van der Waals surface area contributed by atoms with Crippen LogP contribution >= 0.6 is 27.5 Å². The smallest absolute Gasteiger partial charge is 0.387 e. The largest absolute Gasteiger partial charge is 0.431 e. The summed E-state index contributed by atoms with van der Waals surface area (Å²) in [6.07, 6.45) is 1.61. The molecule has 0 aromatic heterocycles. The Morgan fingerprint density at radius 3 is 2.90 bits per heavy atom. The standard InChI is InChI=1S/C12H12BrClF2N2O2/c13-7-4-6(14)5-9(10(7)20-12(15)16)18-11(19)8-2-1-3-17-8/h4-5,8,12,17H,1-3H2,(H,18,19)/t8-/m1/s1. The molecule has 2 rings (SSSR count). The molecule has 110 valence electrons. The highest BCUT2D eigenvalue weighted by molar-refractivity contribution is 9.10. The van der Waals surface area contributed by atoms with Gasteiger partial charge in [-0.1, -0.05) is 11.6 Å². The van der Waals surface area contributed by atoms with Crippen LogP contribution in [0.1, 0.15) is 12.8 Å². The lowest BCUT2D eigenvalue weighted by Crippen LogP contribution is -2.35. The van der Waals surface area contributed by atoms with E-state index >= 15 is 0 Å². The minimum atomic E-state index is -2.99. The van der Waals surface area contributed by atoms with Crippen LogP contribution in [0, 0.1) is 0 Å². The van der Waals surface area contributed by atoms with Crippen molar-refractivity contribution in [2.24, 2.45) is 0 Å². The molecular formula is C12H12BrClF2N2O2. The van der Waals surface area contributed by atoms with Gasteiger partial charge in [0.15, 0.2) is 5.75 Å². The van der Waals surface area contributed by atoms with Gasteiger partial charge in [0.05, 0.1) is 16.2 Å². The van der Waals surface area contributed by atoms with Crippen molar-refractivity contribution >= 4 is 39.1 Å². The first-order chi connectivity index (χ1) is 9.47. The monoisotopic (exact) mass is 368 g/mol. The summed E-state index contributed by atoms with van der Waals surface area (Å²) in [5.41, 5.74) is 0.114. The van der Waals surface area contributed by atoms with E-state index in [-0.39, 0.29) is 27.9 Å². The lowest BCUT2D eigenvalue weighted by Gasteiger charge is -2.16. The number of benzene rings is 1. The first-order valence-corrected chi connectivity index (χ1v) is 7.12. The third-order valence-electron chi connectivity index (χ3n) is 2.85. The third-order valence-corrected chi connectivity index (χ3v) is 3.66. The summed E-state index contributed by atoms with van der Waals surface area (Å²) < 4.78 is 29.5. The summed E-state index contributed by atoms with van der Waals surface area (Å²) in [5.74, 6) is -0.438. The molecule has 1 aromatic carbocycles. The second-order valence-electron chi connectivity index (χ2n) is 4.28. The molecule has 2 N–H and O–H groups in total. The van der Waals surface area contributed by atoms with Crippen LogP contribution in [0.4, 0.5) is 14.5 Å². The quantitative estimate of drug-likeness (QED) is 0.855. The molecule has 1 aliphatic heterocycles. The van der Waals surface area contributed by atoms with Crippen molar-refractivity contribution in [2.45, 2.75) is 25.5 Å². The molecule has 0 bridgehead atoms. The molecule has 0 spiro atoms. The van der Waals surface area contributed by atoms with Crippen molar-refractivity contribution in [3.05, 3.63) is 21.6 Å². The SMILES string of the molecule is O=C(Nc1cc(Cl)cc(Br)c1OC(F)F)[C@H]1CCCN1. The van der Waals surface area contributed by atoms with E-state index in [2.05, 4.69) is 31.3 Å². The number of rotatable bonds is 4. The minimum absolute atomic E-state index is 0.114. The van der Waals surface area contributed by atoms with E-state index in [4.69, 9.17) is 11.6 Å². The molecule has 1 saturated heterocycles. The van der Waals surface area contributed by atoms with Crippen LogP contribution in [0.5, 0.6) is 5.75 Å². The van der Waals surface area contributed by atoms with E-state index in [1.165, 1.54) is 12.1 Å². The van der Waals surface area contributed by atoms with Gasteiger partial charge in [-0.15, -0.1) is 0 Å². The molecule has 0 unspecified atom stereocenters. The molecular weight excluding hydrogens is 357 g/mol. The zero-order chi connectivity index (χ0) is 14.7. The maximum Gasteiger partial charge on any atom is 0.387 e. The highest BCUT2D eigenvalue weighted by Crippen LogP contribution is 2.37. The van der Waals surface area contributed by atoms with Crippen LogP contribution in [0.25, 0.3) is 0 Å². The van der Waals surface area contributed by atoms with Crippen molar-refractivity contribution < 1.29 is 18.3 Å². The lowest BCUT2D eigenvalue weighted by molar-refractivity contribution is -0.117. The van der Waals surface area contributed by atoms with Crippen LogP contribution in [0.2, 0.25) is 5.02 Å². The molecule has 1 heterocycles. The highest BCUT2D eigenvalue weighted by atomic mass is 79.9. The summed E-state index contributed by atoms with van der Waals surface area (Å²) in [4.78, 5) is 12.0. The van der Waals surface area contributed by atoms with E-state index in [0.717, 1.165) is 13.0 Å². The van der Waals surface area contributed by atoms with E-state index in [9.17, 15) is 13.6 Å². The van der Waals surface area contributed by atoms with Gasteiger partial charge in [-0.05, 0) is 47.4 Å². The van der Waals surface area contributed by atoms with Crippen LogP contribution in [-0.2, 0) is 4.79 Å². The molecule has 1 aromatic rings. The fourth-order valence-electron chi connectivity index (χ4n) is 1.99. The van der Waals surface area contributed by atoms with E-state index in [1.807, 2.05) is 0 Å². The maximum atomic E-state index is 12.4. The zero-order valence-corrected chi connectivity index (χ0v) is 12.6. The predicted octanol–water partition coefficient (Wildman–Crippen LogP) is 3.39. The predicted molar refractivity (Wildman–Crippen MR) is 75.4 cm³/mol. The number of anilines is 1. The van der Waals surface area contributed by atoms with Gasteiger partial charge < -0.3 is 15.4 Å². The third kappa shape index (κ3) is 3.80. The van der Waals surface area contributed by atoms with Gasteiger partial charge in [0.25, 0.3) is 0 Å². The number of hydrogen-bond acceptors (Lipinski definition) is 3. The number of nitrogens with one attached hydrogen (secondary N) is 2. The van der Waals surface area contributed by atoms with Gasteiger partial charge in [-0.25, -0.2) is 0 Å². The van der Waals surface area contributed by atoms with E-state index in [1.54, 1.807) is 0 Å². The Labute approximate surface area is 127 Å². The number of ether oxygens (including phenoxy) is 1. The fraction of sp³-hybridized carbons (Fsp3) is 0.417. The first kappa shape index (κ1) is 15.5. The molecule has 4 nitrogen and oxygen atoms in total. The summed E-state index contributed by atoms with van der Waals surface area (Å²) in [5, 5.41) is 5.88. The first-order valence-electron chi connectivity index (χ1n) is 5.95. The van der Waals surface area contributed by atoms with Crippen molar-refractivity contribution in [3.63, 3.8) is 0 Å². The Morgan fingerprint density at radius 1 is 1.55 bits per heavy atom. The van der Waals surface area contributed by atoms with Crippen LogP contribution in [0.3, 0.4) is 0 Å². The molecule has 0 saturated carbocycles. The van der Waals surface area contributed by atoms with Crippen LogP contribution in [0.15, 0.2) is 16.6 Å². The van der Waals surface area contributed by atoms with Crippen LogP contribution in [-0.4, -0.2) is 25.1 Å². The van der Waals surface area contributed by atoms with Crippen molar-refractivity contribution in [2.75, 3.05) is 11.9 Å². The lowest BCUT2D eigenvalue weighted by atomic mass is 10.2. The average molecular weight is 370 g/mol. The second-order valence-corrected chi connectivity index (χ2v) is 5.57. The summed E-state index contributed by atoms with van der Waals surface area (Å²) in [6, 6.07) is 2.46. The Hall–Kier alpha value is -0.920. The molecule has 1 atom stereocenters. The van der Waals surface area contributed by atoms with Gasteiger partial charge >= 0.3 is 6.61 Å². The Kier molecular flexibility index (Phi) is 5.17. The number of alkyl halides is 2. The molecule has 20 heavy (non-hydrogen) atoms. The fourth-order valence-corrected chi connectivity index (χ4v) is 2.89. The number of halogens is 4. The Balaban J connectivity index is 2.22. The number of amides is 1. The zero-order valence-electron chi connectivity index (χ0n) is 10.3. The summed E-state index contributed by atoms with van der Waals surface area (Å²) in [7, 11) is 0. The summed E-state index contributed by atoms with van der Waals surface area (Å²) in [6.45, 7) is -2.23. The maximum absolute atomic E-state index is 12.4. The normalized spacial score (nSPS) is 18.4. The average Bonchev–Trinajstić information content (AvgIpc) is 2.87. The molecule has 1 fully saturated rings. The molecule has 1 aliphatic rings. The number of carbonyl (C=O) groups excluding carboxylic acids is 1. The van der Waals surface area contributed by atoms with Gasteiger partial charge in [-0.2, -0.15) is 8.78 Å². The topological polar surface area (TPSA) is 50.4 Å². The van der Waals surface area contributed by atoms with Crippen molar-refractivity contribution in [1.82, 2.24) is 5.32 Å². The number of carbonyl (C=O) groups is 1. The molecule has 1 amide bonds. The molecule has 8 heteroatoms. The van der Waals surface area contributed by atoms with Crippen molar-refractivity contribution in [3.8, 4) is 5.75 Å². The highest BCUT2D eigenvalue weighted by Gasteiger charge is 2.24. The van der Waals surface area contributed by atoms with E-state index < -0.39 is 6.61 Å². The van der Waals surface area contributed by atoms with Gasteiger partial charge in [0.1, 0.15) is 0 Å². The minimum Gasteiger partial charge on any atom is -0.431 e.